The molecular formula is C14H13F2IN2. The molecule has 2 nitrogen and oxygen atoms in total. The van der Waals surface area contributed by atoms with E-state index in [1.807, 2.05) is 6.92 Å². The summed E-state index contributed by atoms with van der Waals surface area (Å²) >= 11 is 2.06. The molecule has 2 aromatic rings. The van der Waals surface area contributed by atoms with Gasteiger partial charge in [0.1, 0.15) is 11.6 Å². The summed E-state index contributed by atoms with van der Waals surface area (Å²) in [6.07, 6.45) is 0. The Bertz CT molecular complexity index is 550. The normalized spacial score (nSPS) is 12.5. The van der Waals surface area contributed by atoms with Crippen LogP contribution in [0.3, 0.4) is 0 Å². The van der Waals surface area contributed by atoms with Crippen LogP contribution in [0, 0.1) is 22.1 Å². The minimum atomic E-state index is -0.298. The van der Waals surface area contributed by atoms with Crippen molar-refractivity contribution in [1.29, 1.82) is 0 Å². The predicted molar refractivity (Wildman–Crippen MR) is 79.4 cm³/mol. The van der Waals surface area contributed by atoms with E-state index in [1.54, 1.807) is 12.1 Å². The zero-order valence-electron chi connectivity index (χ0n) is 10.3. The van der Waals surface area contributed by atoms with E-state index in [1.165, 1.54) is 24.3 Å². The number of hydrogen-bond donors (Lipinski definition) is 2. The lowest BCUT2D eigenvalue weighted by atomic mass is 9.95. The minimum absolute atomic E-state index is 0.286. The highest BCUT2D eigenvalue weighted by Gasteiger charge is 2.17. The summed E-state index contributed by atoms with van der Waals surface area (Å²) in [5, 5.41) is 0. The molecule has 0 aromatic heterocycles. The van der Waals surface area contributed by atoms with Crippen molar-refractivity contribution in [1.82, 2.24) is 5.43 Å². The maximum atomic E-state index is 13.1. The molecule has 0 aliphatic carbocycles. The lowest BCUT2D eigenvalue weighted by Gasteiger charge is -2.20. The topological polar surface area (TPSA) is 38.0 Å². The third-order valence-corrected chi connectivity index (χ3v) is 3.92. The van der Waals surface area contributed by atoms with Crippen LogP contribution in [0.1, 0.15) is 22.7 Å². The maximum absolute atomic E-state index is 13.1. The van der Waals surface area contributed by atoms with Crippen molar-refractivity contribution in [3.63, 3.8) is 0 Å². The lowest BCUT2D eigenvalue weighted by Crippen LogP contribution is -2.30. The summed E-state index contributed by atoms with van der Waals surface area (Å²) < 4.78 is 27.1. The standard InChI is InChI=1S/C14H13F2IN2/c1-8-6-9(15)2-4-11(8)14(19-18)12-5-3-10(16)7-13(12)17/h2-7,14,19H,18H2,1H3. The summed E-state index contributed by atoms with van der Waals surface area (Å²) in [5.74, 6) is 5.03. The first-order valence-corrected chi connectivity index (χ1v) is 6.78. The van der Waals surface area contributed by atoms with Crippen molar-refractivity contribution in [3.8, 4) is 0 Å². The van der Waals surface area contributed by atoms with Crippen LogP contribution in [0.15, 0.2) is 36.4 Å². The zero-order valence-corrected chi connectivity index (χ0v) is 12.4. The summed E-state index contributed by atoms with van der Waals surface area (Å²) in [6.45, 7) is 1.82. The number of hydrazine groups is 1. The molecule has 0 saturated heterocycles. The van der Waals surface area contributed by atoms with Crippen LogP contribution >= 0.6 is 22.6 Å². The highest BCUT2D eigenvalue weighted by molar-refractivity contribution is 14.1. The fourth-order valence-electron chi connectivity index (χ4n) is 2.05. The molecule has 1 atom stereocenters. The number of halogens is 3. The Morgan fingerprint density at radius 3 is 2.16 bits per heavy atom. The van der Waals surface area contributed by atoms with Gasteiger partial charge in [-0.15, -0.1) is 0 Å². The van der Waals surface area contributed by atoms with E-state index in [9.17, 15) is 8.78 Å². The van der Waals surface area contributed by atoms with Crippen LogP contribution in [0.2, 0.25) is 0 Å². The van der Waals surface area contributed by atoms with Gasteiger partial charge in [0, 0.05) is 3.57 Å². The quantitative estimate of drug-likeness (QED) is 0.491. The lowest BCUT2D eigenvalue weighted by molar-refractivity contribution is 0.604. The van der Waals surface area contributed by atoms with Gasteiger partial charge in [-0.3, -0.25) is 5.84 Å². The van der Waals surface area contributed by atoms with Crippen LogP contribution in [-0.4, -0.2) is 0 Å². The molecule has 0 aliphatic heterocycles. The first-order chi connectivity index (χ1) is 9.02. The molecule has 0 amide bonds. The van der Waals surface area contributed by atoms with E-state index < -0.39 is 0 Å². The molecule has 1 unspecified atom stereocenters. The summed E-state index contributed by atoms with van der Waals surface area (Å²) in [5.41, 5.74) is 5.23. The predicted octanol–water partition coefficient (Wildman–Crippen LogP) is 3.43. The van der Waals surface area contributed by atoms with Gasteiger partial charge in [-0.2, -0.15) is 0 Å². The number of nitrogens with one attached hydrogen (secondary N) is 1. The molecule has 2 aromatic carbocycles. The molecule has 0 radical (unpaired) electrons. The Morgan fingerprint density at radius 2 is 1.63 bits per heavy atom. The highest BCUT2D eigenvalue weighted by Crippen LogP contribution is 2.28. The van der Waals surface area contributed by atoms with Crippen molar-refractivity contribution in [2.45, 2.75) is 13.0 Å². The van der Waals surface area contributed by atoms with Crippen LogP contribution in [0.5, 0.6) is 0 Å². The zero-order chi connectivity index (χ0) is 14.0. The molecule has 3 N–H and O–H groups in total. The number of benzene rings is 2. The summed E-state index contributed by atoms with van der Waals surface area (Å²) in [7, 11) is 0. The third kappa shape index (κ3) is 3.10. The highest BCUT2D eigenvalue weighted by atomic mass is 127. The number of nitrogens with two attached hydrogens (primary N) is 1. The second kappa shape index (κ2) is 5.94. The van der Waals surface area contributed by atoms with E-state index in [-0.39, 0.29) is 17.7 Å². The van der Waals surface area contributed by atoms with E-state index in [0.29, 0.717) is 0 Å². The van der Waals surface area contributed by atoms with Gasteiger partial charge in [0.25, 0.3) is 0 Å². The first-order valence-electron chi connectivity index (χ1n) is 5.70. The Labute approximate surface area is 124 Å². The molecule has 0 heterocycles. The van der Waals surface area contributed by atoms with Gasteiger partial charge in [-0.1, -0.05) is 12.1 Å². The Morgan fingerprint density at radius 1 is 1.05 bits per heavy atom. The maximum Gasteiger partial charge on any atom is 0.124 e. The molecule has 0 spiro atoms. The molecule has 0 bridgehead atoms. The van der Waals surface area contributed by atoms with Crippen molar-refractivity contribution < 1.29 is 8.78 Å². The van der Waals surface area contributed by atoms with Crippen molar-refractivity contribution >= 4 is 22.6 Å². The Kier molecular flexibility index (Phi) is 4.49. The minimum Gasteiger partial charge on any atom is -0.271 e. The first kappa shape index (κ1) is 14.4. The van der Waals surface area contributed by atoms with Gasteiger partial charge < -0.3 is 0 Å². The van der Waals surface area contributed by atoms with Gasteiger partial charge in [0.2, 0.25) is 0 Å². The average Bonchev–Trinajstić information content (AvgIpc) is 2.34. The van der Waals surface area contributed by atoms with Gasteiger partial charge in [0.15, 0.2) is 0 Å². The Hall–Kier alpha value is -1.05. The molecule has 2 rings (SSSR count). The molecule has 5 heteroatoms. The smallest absolute Gasteiger partial charge is 0.124 e. The van der Waals surface area contributed by atoms with E-state index >= 15 is 0 Å². The van der Waals surface area contributed by atoms with E-state index in [2.05, 4.69) is 28.0 Å². The summed E-state index contributed by atoms with van der Waals surface area (Å²) in [6, 6.07) is 8.76. The fraction of sp³-hybridized carbons (Fsp3) is 0.143. The van der Waals surface area contributed by atoms with Crippen molar-refractivity contribution in [2.24, 2.45) is 5.84 Å². The largest absolute Gasteiger partial charge is 0.271 e. The molecular weight excluding hydrogens is 361 g/mol. The Balaban J connectivity index is 2.50. The van der Waals surface area contributed by atoms with Crippen molar-refractivity contribution in [2.75, 3.05) is 0 Å². The third-order valence-electron chi connectivity index (χ3n) is 2.98. The second-order valence-corrected chi connectivity index (χ2v) is 5.43. The van der Waals surface area contributed by atoms with E-state index in [4.69, 9.17) is 5.84 Å². The monoisotopic (exact) mass is 374 g/mol. The molecule has 19 heavy (non-hydrogen) atoms. The molecule has 0 aliphatic rings. The van der Waals surface area contributed by atoms with Crippen molar-refractivity contribution in [3.05, 3.63) is 68.3 Å². The van der Waals surface area contributed by atoms with Crippen LogP contribution in [0.25, 0.3) is 0 Å². The SMILES string of the molecule is Cc1cc(F)ccc1C(NN)c1ccc(F)cc1I. The average molecular weight is 374 g/mol. The van der Waals surface area contributed by atoms with Gasteiger partial charge >= 0.3 is 0 Å². The van der Waals surface area contributed by atoms with Crippen LogP contribution < -0.4 is 11.3 Å². The molecule has 100 valence electrons. The van der Waals surface area contributed by atoms with Gasteiger partial charge in [-0.25, -0.2) is 14.2 Å². The van der Waals surface area contributed by atoms with Gasteiger partial charge in [0.05, 0.1) is 6.04 Å². The number of hydrogen-bond acceptors (Lipinski definition) is 2. The number of rotatable bonds is 3. The van der Waals surface area contributed by atoms with Crippen LogP contribution in [0.4, 0.5) is 8.78 Å². The summed E-state index contributed by atoms with van der Waals surface area (Å²) in [4.78, 5) is 0. The van der Waals surface area contributed by atoms with E-state index in [0.717, 1.165) is 20.3 Å². The molecule has 0 fully saturated rings. The second-order valence-electron chi connectivity index (χ2n) is 4.27. The van der Waals surface area contributed by atoms with Crippen LogP contribution in [-0.2, 0) is 0 Å². The molecule has 0 saturated carbocycles. The number of aryl methyl sites for hydroxylation is 1. The fourth-order valence-corrected chi connectivity index (χ4v) is 2.83. The van der Waals surface area contributed by atoms with Gasteiger partial charge in [-0.05, 0) is 70.5 Å².